The van der Waals surface area contributed by atoms with Crippen molar-refractivity contribution in [3.05, 3.63) is 0 Å². The van der Waals surface area contributed by atoms with E-state index in [1.165, 1.54) is 6.42 Å². The highest BCUT2D eigenvalue weighted by molar-refractivity contribution is 5.91. The summed E-state index contributed by atoms with van der Waals surface area (Å²) in [5.41, 5.74) is 10.4. The highest BCUT2D eigenvalue weighted by Gasteiger charge is 2.18. The molecule has 0 radical (unpaired) electrons. The van der Waals surface area contributed by atoms with Crippen molar-refractivity contribution in [3.63, 3.8) is 0 Å². The number of guanidine groups is 2. The molecule has 74 valence electrons. The largest absolute Gasteiger partial charge is 0.370 e. The van der Waals surface area contributed by atoms with Gasteiger partial charge in [0, 0.05) is 13.1 Å². The number of hydrogen-bond donors (Lipinski definition) is 3. The van der Waals surface area contributed by atoms with Crippen molar-refractivity contribution in [1.82, 2.24) is 4.90 Å². The van der Waals surface area contributed by atoms with Crippen molar-refractivity contribution >= 4 is 11.9 Å². The van der Waals surface area contributed by atoms with Gasteiger partial charge < -0.3 is 16.4 Å². The van der Waals surface area contributed by atoms with Gasteiger partial charge in [-0.25, -0.2) is 0 Å². The number of hydrogen-bond acceptors (Lipinski definition) is 1. The minimum Gasteiger partial charge on any atom is -0.370 e. The molecule has 0 spiro atoms. The maximum absolute atomic E-state index is 7.58. The Balaban J connectivity index is 2.51. The van der Waals surface area contributed by atoms with Crippen molar-refractivity contribution < 1.29 is 0 Å². The first-order chi connectivity index (χ1) is 6.09. The Hall–Kier alpha value is -1.26. The van der Waals surface area contributed by atoms with Crippen molar-refractivity contribution in [2.24, 2.45) is 22.4 Å². The number of nitrogens with one attached hydrogen (secondary N) is 1. The fourth-order valence-electron chi connectivity index (χ4n) is 1.57. The van der Waals surface area contributed by atoms with Crippen molar-refractivity contribution in [2.75, 3.05) is 13.1 Å². The maximum Gasteiger partial charge on any atom is 0.221 e. The van der Waals surface area contributed by atoms with E-state index in [4.69, 9.17) is 16.9 Å². The molecule has 1 heterocycles. The van der Waals surface area contributed by atoms with E-state index in [0.717, 1.165) is 19.5 Å². The van der Waals surface area contributed by atoms with Gasteiger partial charge in [-0.2, -0.15) is 4.99 Å². The molecule has 0 aliphatic carbocycles. The van der Waals surface area contributed by atoms with Gasteiger partial charge in [-0.15, -0.1) is 0 Å². The molecule has 1 rings (SSSR count). The second-order valence-corrected chi connectivity index (χ2v) is 3.55. The van der Waals surface area contributed by atoms with Crippen molar-refractivity contribution in [2.45, 2.75) is 19.8 Å². The van der Waals surface area contributed by atoms with Crippen LogP contribution in [0.2, 0.25) is 0 Å². The summed E-state index contributed by atoms with van der Waals surface area (Å²) in [6.07, 6.45) is 2.34. The van der Waals surface area contributed by atoms with Gasteiger partial charge in [0.05, 0.1) is 0 Å². The van der Waals surface area contributed by atoms with E-state index in [0.29, 0.717) is 5.92 Å². The number of piperidine rings is 1. The fraction of sp³-hybridized carbons (Fsp3) is 0.750. The first-order valence-corrected chi connectivity index (χ1v) is 4.52. The van der Waals surface area contributed by atoms with Gasteiger partial charge in [-0.05, 0) is 18.8 Å². The van der Waals surface area contributed by atoms with Gasteiger partial charge in [-0.3, -0.25) is 5.41 Å². The summed E-state index contributed by atoms with van der Waals surface area (Å²) in [5, 5.41) is 7.58. The van der Waals surface area contributed by atoms with Crippen molar-refractivity contribution in [1.29, 1.82) is 5.41 Å². The molecular formula is C8H17N5. The van der Waals surface area contributed by atoms with Crippen LogP contribution in [0.15, 0.2) is 4.99 Å². The van der Waals surface area contributed by atoms with Gasteiger partial charge in [0.2, 0.25) is 5.96 Å². The number of rotatable bonds is 0. The van der Waals surface area contributed by atoms with Crippen LogP contribution in [-0.4, -0.2) is 29.9 Å². The molecule has 0 amide bonds. The summed E-state index contributed by atoms with van der Waals surface area (Å²) in [5.74, 6) is 0.776. The Bertz CT molecular complexity index is 219. The van der Waals surface area contributed by atoms with Gasteiger partial charge in [0.1, 0.15) is 0 Å². The molecule has 0 bridgehead atoms. The summed E-state index contributed by atoms with van der Waals surface area (Å²) in [4.78, 5) is 5.63. The molecule has 1 fully saturated rings. The lowest BCUT2D eigenvalue weighted by Crippen LogP contribution is -2.39. The predicted octanol–water partition coefficient (Wildman–Crippen LogP) is -0.0735. The van der Waals surface area contributed by atoms with Crippen LogP contribution in [0.5, 0.6) is 0 Å². The summed E-state index contributed by atoms with van der Waals surface area (Å²) >= 11 is 0. The lowest BCUT2D eigenvalue weighted by atomic mass is 10.0. The topological polar surface area (TPSA) is 91.5 Å². The van der Waals surface area contributed by atoms with E-state index in [9.17, 15) is 0 Å². The second-order valence-electron chi connectivity index (χ2n) is 3.55. The molecule has 1 aliphatic rings. The third-order valence-electron chi connectivity index (χ3n) is 2.19. The fourth-order valence-corrected chi connectivity index (χ4v) is 1.57. The minimum atomic E-state index is -0.0387. The molecule has 0 saturated carbocycles. The third kappa shape index (κ3) is 2.93. The van der Waals surface area contributed by atoms with E-state index < -0.39 is 0 Å². The molecule has 5 N–H and O–H groups in total. The molecule has 1 aliphatic heterocycles. The van der Waals surface area contributed by atoms with Crippen LogP contribution in [0.1, 0.15) is 19.8 Å². The third-order valence-corrected chi connectivity index (χ3v) is 2.19. The zero-order valence-electron chi connectivity index (χ0n) is 7.95. The average molecular weight is 183 g/mol. The van der Waals surface area contributed by atoms with E-state index >= 15 is 0 Å². The molecular weight excluding hydrogens is 166 g/mol. The summed E-state index contributed by atoms with van der Waals surface area (Å²) in [7, 11) is 0. The molecule has 0 aromatic heterocycles. The number of nitrogens with two attached hydrogens (primary N) is 2. The second kappa shape index (κ2) is 4.11. The first-order valence-electron chi connectivity index (χ1n) is 4.52. The van der Waals surface area contributed by atoms with Crippen LogP contribution in [0.4, 0.5) is 0 Å². The van der Waals surface area contributed by atoms with Crippen LogP contribution < -0.4 is 11.5 Å². The Labute approximate surface area is 78.3 Å². The Kier molecular flexibility index (Phi) is 3.11. The molecule has 1 atom stereocenters. The molecule has 1 unspecified atom stereocenters. The Morgan fingerprint density at radius 3 is 2.77 bits per heavy atom. The first kappa shape index (κ1) is 9.83. The maximum atomic E-state index is 7.58. The number of aliphatic imine (C=N–C) groups is 1. The SMILES string of the molecule is CC1CCCN(C(=N)N=C(N)N)C1. The minimum absolute atomic E-state index is 0.0387. The van der Waals surface area contributed by atoms with E-state index in [2.05, 4.69) is 11.9 Å². The normalized spacial score (nSPS) is 22.5. The lowest BCUT2D eigenvalue weighted by molar-refractivity contribution is 0.270. The van der Waals surface area contributed by atoms with Crippen LogP contribution in [0.25, 0.3) is 0 Å². The van der Waals surface area contributed by atoms with Crippen molar-refractivity contribution in [3.8, 4) is 0 Å². The van der Waals surface area contributed by atoms with Gasteiger partial charge in [-0.1, -0.05) is 6.92 Å². The monoisotopic (exact) mass is 183 g/mol. The number of nitrogens with zero attached hydrogens (tertiary/aromatic N) is 2. The Morgan fingerprint density at radius 2 is 2.23 bits per heavy atom. The van der Waals surface area contributed by atoms with Gasteiger partial charge in [0.15, 0.2) is 5.96 Å². The van der Waals surface area contributed by atoms with Crippen LogP contribution in [0, 0.1) is 11.3 Å². The van der Waals surface area contributed by atoms with E-state index in [-0.39, 0.29) is 11.9 Å². The predicted molar refractivity (Wildman–Crippen MR) is 53.5 cm³/mol. The molecule has 0 aromatic rings. The quantitative estimate of drug-likeness (QED) is 0.362. The Morgan fingerprint density at radius 1 is 1.54 bits per heavy atom. The zero-order chi connectivity index (χ0) is 9.84. The molecule has 5 nitrogen and oxygen atoms in total. The van der Waals surface area contributed by atoms with Gasteiger partial charge in [0.25, 0.3) is 0 Å². The van der Waals surface area contributed by atoms with Crippen LogP contribution in [0.3, 0.4) is 0 Å². The molecule has 5 heteroatoms. The van der Waals surface area contributed by atoms with Crippen LogP contribution in [-0.2, 0) is 0 Å². The molecule has 1 saturated heterocycles. The summed E-state index contributed by atoms with van der Waals surface area (Å²) in [6.45, 7) is 3.95. The average Bonchev–Trinajstić information content (AvgIpc) is 2.03. The summed E-state index contributed by atoms with van der Waals surface area (Å²) in [6, 6.07) is 0. The van der Waals surface area contributed by atoms with Crippen LogP contribution >= 0.6 is 0 Å². The summed E-state index contributed by atoms with van der Waals surface area (Å²) < 4.78 is 0. The lowest BCUT2D eigenvalue weighted by Gasteiger charge is -2.30. The van der Waals surface area contributed by atoms with E-state index in [1.807, 2.05) is 4.90 Å². The standard InChI is InChI=1S/C8H17N5/c1-6-3-2-4-13(5-6)8(11)12-7(9)10/h6H,2-5H2,1H3,(H5,9,10,11,12). The molecule has 13 heavy (non-hydrogen) atoms. The van der Waals surface area contributed by atoms with Gasteiger partial charge >= 0.3 is 0 Å². The number of likely N-dealkylation sites (tertiary alicyclic amines) is 1. The zero-order valence-corrected chi connectivity index (χ0v) is 7.95. The molecule has 0 aromatic carbocycles. The van der Waals surface area contributed by atoms with E-state index in [1.54, 1.807) is 0 Å². The smallest absolute Gasteiger partial charge is 0.221 e. The highest BCUT2D eigenvalue weighted by atomic mass is 15.3. The highest BCUT2D eigenvalue weighted by Crippen LogP contribution is 2.15.